The largest absolute Gasteiger partial charge is 0.416 e. The first-order valence-corrected chi connectivity index (χ1v) is 12.9. The van der Waals surface area contributed by atoms with Gasteiger partial charge in [0.25, 0.3) is 0 Å². The molecule has 4 nitrogen and oxygen atoms in total. The summed E-state index contributed by atoms with van der Waals surface area (Å²) in [6.45, 7) is 3.65. The molecular formula is C23H27ClF3NO3S. The summed E-state index contributed by atoms with van der Waals surface area (Å²) >= 11 is 6.23. The van der Waals surface area contributed by atoms with Crippen LogP contribution < -0.4 is 0 Å². The van der Waals surface area contributed by atoms with E-state index < -0.39 is 31.8 Å². The molecule has 32 heavy (non-hydrogen) atoms. The van der Waals surface area contributed by atoms with Crippen molar-refractivity contribution >= 4 is 26.9 Å². The zero-order valence-corrected chi connectivity index (χ0v) is 19.7. The minimum atomic E-state index is -4.76. The Morgan fingerprint density at radius 1 is 1.16 bits per heavy atom. The molecule has 1 amide bonds. The van der Waals surface area contributed by atoms with Crippen LogP contribution in [0.5, 0.6) is 0 Å². The maximum atomic E-state index is 14.1. The molecule has 1 aliphatic heterocycles. The third-order valence-electron chi connectivity index (χ3n) is 6.76. The first-order valence-electron chi connectivity index (χ1n) is 10.2. The normalized spacial score (nSPS) is 19.5. The molecule has 176 valence electrons. The molecule has 1 N–H and O–H groups in total. The predicted molar refractivity (Wildman–Crippen MR) is 120 cm³/mol. The van der Waals surface area contributed by atoms with Crippen LogP contribution in [0.4, 0.5) is 13.2 Å². The van der Waals surface area contributed by atoms with Crippen molar-refractivity contribution in [1.29, 1.82) is 0 Å². The van der Waals surface area contributed by atoms with E-state index in [0.717, 1.165) is 30.0 Å². The van der Waals surface area contributed by atoms with Gasteiger partial charge in [-0.3, -0.25) is 9.35 Å². The number of nitrogens with zero attached hydrogens (tertiary/aromatic N) is 1. The lowest BCUT2D eigenvalue weighted by Gasteiger charge is -2.57. The molecule has 0 saturated carbocycles. The molecule has 3 rings (SSSR count). The van der Waals surface area contributed by atoms with Crippen LogP contribution in [0.3, 0.4) is 0 Å². The second-order valence-corrected chi connectivity index (χ2v) is 13.5. The molecule has 2 aromatic carbocycles. The van der Waals surface area contributed by atoms with Crippen molar-refractivity contribution in [2.45, 2.75) is 49.1 Å². The average Bonchev–Trinajstić information content (AvgIpc) is 2.70. The molecule has 0 bridgehead atoms. The van der Waals surface area contributed by atoms with Crippen LogP contribution in [0.25, 0.3) is 0 Å². The minimum absolute atomic E-state index is 0.0892. The van der Waals surface area contributed by atoms with Crippen LogP contribution >= 0.6 is 11.6 Å². The quantitative estimate of drug-likeness (QED) is 0.572. The lowest BCUT2D eigenvalue weighted by molar-refractivity contribution is -0.138. The molecule has 1 heterocycles. The van der Waals surface area contributed by atoms with E-state index in [1.165, 1.54) is 6.07 Å². The number of hydrogen-bond acceptors (Lipinski definition) is 2. The fourth-order valence-electron chi connectivity index (χ4n) is 4.14. The van der Waals surface area contributed by atoms with Crippen LogP contribution in [-0.4, -0.2) is 37.1 Å². The number of benzene rings is 2. The number of hydrogen-bond donors (Lipinski definition) is 1. The summed E-state index contributed by atoms with van der Waals surface area (Å²) in [4.78, 5) is 13.9. The summed E-state index contributed by atoms with van der Waals surface area (Å²) in [6.07, 6.45) is -2.95. The third-order valence-corrected chi connectivity index (χ3v) is 11.3. The van der Waals surface area contributed by atoms with Gasteiger partial charge in [0.15, 0.2) is 0 Å². The standard InChI is InChI=1S/C23H27ClF3NO3S/c1-22(2,32(3,30,31)19-9-6-8-17(13-19)23(25,26)27)18-11-12-21(29)28(15-18)14-16-7-4-5-10-20(16)24/h4-10,13,18H,11-12,14-15H2,1-3H3,(H,30,31). The Balaban J connectivity index is 1.94. The van der Waals surface area contributed by atoms with Gasteiger partial charge in [-0.05, 0) is 56.0 Å². The fraction of sp³-hybridized carbons (Fsp3) is 0.435. The molecule has 2 aromatic rings. The first-order chi connectivity index (χ1) is 14.6. The van der Waals surface area contributed by atoms with Crippen molar-refractivity contribution in [2.24, 2.45) is 5.92 Å². The third kappa shape index (κ3) is 4.45. The first kappa shape index (κ1) is 24.7. The van der Waals surface area contributed by atoms with E-state index >= 15 is 0 Å². The topological polar surface area (TPSA) is 57.6 Å². The lowest BCUT2D eigenvalue weighted by Crippen LogP contribution is -2.59. The highest BCUT2D eigenvalue weighted by atomic mass is 35.5. The van der Waals surface area contributed by atoms with Gasteiger partial charge in [0.1, 0.15) is 0 Å². The summed E-state index contributed by atoms with van der Waals surface area (Å²) in [5.41, 5.74) is -0.211. The molecular weight excluding hydrogens is 463 g/mol. The Morgan fingerprint density at radius 3 is 2.44 bits per heavy atom. The Kier molecular flexibility index (Phi) is 6.30. The molecule has 1 unspecified atom stereocenters. The van der Waals surface area contributed by atoms with Crippen molar-refractivity contribution < 1.29 is 26.7 Å². The van der Waals surface area contributed by atoms with Crippen molar-refractivity contribution in [1.82, 2.24) is 4.90 Å². The van der Waals surface area contributed by atoms with E-state index in [1.54, 1.807) is 30.9 Å². The van der Waals surface area contributed by atoms with Crippen molar-refractivity contribution in [3.05, 3.63) is 64.7 Å². The monoisotopic (exact) mass is 489 g/mol. The van der Waals surface area contributed by atoms with Crippen LogP contribution in [-0.2, 0) is 26.9 Å². The van der Waals surface area contributed by atoms with Crippen molar-refractivity contribution in [3.63, 3.8) is 0 Å². The van der Waals surface area contributed by atoms with Crippen molar-refractivity contribution in [3.8, 4) is 0 Å². The van der Waals surface area contributed by atoms with Gasteiger partial charge in [-0.1, -0.05) is 35.9 Å². The number of piperidine rings is 1. The molecule has 0 aliphatic carbocycles. The number of rotatable bonds is 5. The molecule has 0 aromatic heterocycles. The number of carbonyl (C=O) groups is 1. The molecule has 0 spiro atoms. The predicted octanol–water partition coefficient (Wildman–Crippen LogP) is 5.86. The van der Waals surface area contributed by atoms with Gasteiger partial charge in [-0.25, -0.2) is 4.21 Å². The van der Waals surface area contributed by atoms with Gasteiger partial charge >= 0.3 is 6.18 Å². The van der Waals surface area contributed by atoms with Gasteiger partial charge in [0.05, 0.1) is 15.2 Å². The smallest absolute Gasteiger partial charge is 0.338 e. The van der Waals surface area contributed by atoms with Gasteiger partial charge in [0.2, 0.25) is 5.91 Å². The zero-order valence-electron chi connectivity index (χ0n) is 18.2. The highest BCUT2D eigenvalue weighted by molar-refractivity contribution is 8.15. The van der Waals surface area contributed by atoms with Crippen LogP contribution in [0.2, 0.25) is 5.02 Å². The molecule has 9 heteroatoms. The summed E-state index contributed by atoms with van der Waals surface area (Å²) in [7, 11) is -4.76. The summed E-state index contributed by atoms with van der Waals surface area (Å²) in [5, 5.41) is 0.519. The highest BCUT2D eigenvalue weighted by Crippen LogP contribution is 2.49. The summed E-state index contributed by atoms with van der Waals surface area (Å²) in [5.74, 6) is -0.500. The van der Waals surface area contributed by atoms with Gasteiger partial charge in [0, 0.05) is 30.8 Å². The van der Waals surface area contributed by atoms with Crippen LogP contribution in [0.1, 0.15) is 37.8 Å². The van der Waals surface area contributed by atoms with Crippen LogP contribution in [0, 0.1) is 5.92 Å². The van der Waals surface area contributed by atoms with E-state index in [0.29, 0.717) is 11.4 Å². The highest BCUT2D eigenvalue weighted by Gasteiger charge is 2.50. The molecule has 1 fully saturated rings. The Labute approximate surface area is 191 Å². The molecule has 0 radical (unpaired) electrons. The van der Waals surface area contributed by atoms with E-state index in [4.69, 9.17) is 11.6 Å². The Morgan fingerprint density at radius 2 is 1.81 bits per heavy atom. The molecule has 1 atom stereocenters. The number of carbonyl (C=O) groups excluding carboxylic acids is 1. The zero-order chi connectivity index (χ0) is 24.0. The Bertz CT molecular complexity index is 1090. The second kappa shape index (κ2) is 8.15. The second-order valence-electron chi connectivity index (χ2n) is 9.01. The number of alkyl halides is 3. The van der Waals surface area contributed by atoms with Crippen molar-refractivity contribution in [2.75, 3.05) is 12.8 Å². The molecule has 1 saturated heterocycles. The lowest BCUT2D eigenvalue weighted by atomic mass is 9.86. The Hall–Kier alpha value is -1.90. The number of amides is 1. The van der Waals surface area contributed by atoms with Gasteiger partial charge in [-0.2, -0.15) is 22.5 Å². The average molecular weight is 490 g/mol. The molecule has 1 aliphatic rings. The summed E-state index contributed by atoms with van der Waals surface area (Å²) < 4.78 is 63.9. The number of likely N-dealkylation sites (tertiary alicyclic amines) is 1. The van der Waals surface area contributed by atoms with E-state index in [9.17, 15) is 26.7 Å². The minimum Gasteiger partial charge on any atom is -0.338 e. The van der Waals surface area contributed by atoms with E-state index in [-0.39, 0.29) is 30.3 Å². The summed E-state index contributed by atoms with van der Waals surface area (Å²) in [6, 6.07) is 11.2. The van der Waals surface area contributed by atoms with Crippen LogP contribution in [0.15, 0.2) is 53.4 Å². The maximum absolute atomic E-state index is 14.1. The number of halogens is 4. The van der Waals surface area contributed by atoms with Gasteiger partial charge in [-0.15, -0.1) is 0 Å². The SMILES string of the molecule is CC(C)(C1CCC(=O)N(Cc2ccccc2Cl)C1)S(C)(=O)(O)c1cccc(C(F)(F)F)c1. The van der Waals surface area contributed by atoms with Gasteiger partial charge < -0.3 is 4.90 Å². The maximum Gasteiger partial charge on any atom is 0.416 e. The van der Waals surface area contributed by atoms with E-state index in [2.05, 4.69) is 0 Å². The fourth-order valence-corrected chi connectivity index (χ4v) is 6.72. The van der Waals surface area contributed by atoms with E-state index in [1.807, 2.05) is 12.1 Å².